The number of nitrogens with zero attached hydrogens (tertiary/aromatic N) is 14. The smallest absolute Gasteiger partial charge is 0.189 e. The van der Waals surface area contributed by atoms with Crippen molar-refractivity contribution in [3.05, 3.63) is 249 Å². The minimum Gasteiger partial charge on any atom is -0.308 e. The van der Waals surface area contributed by atoms with Gasteiger partial charge in [0.15, 0.2) is 34.3 Å². The fourth-order valence-corrected chi connectivity index (χ4v) is 10.8. The van der Waals surface area contributed by atoms with Crippen LogP contribution in [0.4, 0.5) is 28.4 Å². The molecule has 14 nitrogen and oxygen atoms in total. The summed E-state index contributed by atoms with van der Waals surface area (Å²) < 4.78 is 4.01. The largest absolute Gasteiger partial charge is 0.308 e. The number of benzene rings is 9. The van der Waals surface area contributed by atoms with Crippen LogP contribution in [-0.2, 0) is 0 Å². The highest BCUT2D eigenvalue weighted by atomic mass is 15.0. The normalized spacial score (nSPS) is 10.7. The molecule has 12 aromatic rings. The van der Waals surface area contributed by atoms with E-state index >= 15 is 0 Å². The molecular formula is C68H32N14. The summed E-state index contributed by atoms with van der Waals surface area (Å²) in [5, 5.41) is 45.5. The van der Waals surface area contributed by atoms with Gasteiger partial charge in [0.2, 0.25) is 0 Å². The Labute approximate surface area is 469 Å². The van der Waals surface area contributed by atoms with E-state index in [2.05, 4.69) is 53.5 Å². The van der Waals surface area contributed by atoms with Crippen LogP contribution in [0.25, 0.3) is 135 Å². The summed E-state index contributed by atoms with van der Waals surface area (Å²) >= 11 is 0. The van der Waals surface area contributed by atoms with Crippen LogP contribution in [0.2, 0.25) is 0 Å². The maximum atomic E-state index is 12.1. The van der Waals surface area contributed by atoms with E-state index in [-0.39, 0.29) is 16.9 Å². The number of aromatic nitrogens is 5. The van der Waals surface area contributed by atoms with E-state index in [1.807, 2.05) is 94.1 Å². The molecule has 12 rings (SSSR count). The Bertz CT molecular complexity index is 4550. The summed E-state index contributed by atoms with van der Waals surface area (Å²) in [6.07, 6.45) is 0. The molecule has 0 radical (unpaired) electrons. The minimum atomic E-state index is 0.214. The van der Waals surface area contributed by atoms with Crippen LogP contribution in [0.1, 0.15) is 33.9 Å². The number of rotatable bonds is 7. The van der Waals surface area contributed by atoms with Gasteiger partial charge in [-0.1, -0.05) is 66.7 Å². The van der Waals surface area contributed by atoms with Gasteiger partial charge >= 0.3 is 0 Å². The van der Waals surface area contributed by atoms with Gasteiger partial charge in [-0.3, -0.25) is 0 Å². The maximum absolute atomic E-state index is 12.1. The Morgan fingerprint density at radius 1 is 0.329 bits per heavy atom. The molecule has 82 heavy (non-hydrogen) atoms. The molecule has 14 heteroatoms. The lowest BCUT2D eigenvalue weighted by atomic mass is 9.99. The zero-order valence-electron chi connectivity index (χ0n) is 43.3. The predicted molar refractivity (Wildman–Crippen MR) is 315 cm³/mol. The minimum absolute atomic E-state index is 0.214. The molecule has 0 saturated heterocycles. The Kier molecular flexibility index (Phi) is 12.1. The summed E-state index contributed by atoms with van der Waals surface area (Å²) in [4.78, 5) is 32.6. The van der Waals surface area contributed by atoms with Gasteiger partial charge in [-0.25, -0.2) is 39.2 Å². The van der Waals surface area contributed by atoms with Gasteiger partial charge in [0, 0.05) is 43.8 Å². The molecule has 0 aliphatic carbocycles. The first-order valence-corrected chi connectivity index (χ1v) is 25.1. The molecule has 374 valence electrons. The third-order valence-electron chi connectivity index (χ3n) is 14.4. The van der Waals surface area contributed by atoms with E-state index < -0.39 is 0 Å². The van der Waals surface area contributed by atoms with Gasteiger partial charge in [0.25, 0.3) is 0 Å². The molecular weight excluding hydrogens is 1010 g/mol. The number of fused-ring (bicyclic) bond motifs is 6. The van der Waals surface area contributed by atoms with Gasteiger partial charge in [0.05, 0.1) is 84.5 Å². The SMILES string of the molecule is [C-]#[N+]c1cc(C#N)cc(-c2ccc3c4ccc(-c5cc(C#N)cc([N+]#[C-])c5)cc4n(-c4cc(-c5nc(C)nc(C)n5)cc(-n5c6cc(-c7cc(C#N)cc([N+]#[C-])c7)ccc6c6ccc(-c7cc([N+]#[C-])cc([N+]#[C-])c7)cc65)c4C#N)c3c2)c1. The van der Waals surface area contributed by atoms with Crippen molar-refractivity contribution < 1.29 is 0 Å². The molecule has 0 fully saturated rings. The molecule has 3 heterocycles. The van der Waals surface area contributed by atoms with Crippen molar-refractivity contribution in [1.29, 1.82) is 21.0 Å². The highest BCUT2D eigenvalue weighted by Gasteiger charge is 2.25. The lowest BCUT2D eigenvalue weighted by Crippen LogP contribution is -2.07. The van der Waals surface area contributed by atoms with Crippen molar-refractivity contribution in [1.82, 2.24) is 24.1 Å². The van der Waals surface area contributed by atoms with Crippen LogP contribution >= 0.6 is 0 Å². The zero-order chi connectivity index (χ0) is 56.9. The first kappa shape index (κ1) is 49.9. The predicted octanol–water partition coefficient (Wildman–Crippen LogP) is 17.3. The first-order chi connectivity index (χ1) is 39.9. The molecule has 3 aromatic heterocycles. The average molecular weight is 1050 g/mol. The van der Waals surface area contributed by atoms with Crippen LogP contribution in [0.3, 0.4) is 0 Å². The lowest BCUT2D eigenvalue weighted by molar-refractivity contribution is 0.927. The Morgan fingerprint density at radius 2 is 0.634 bits per heavy atom. The van der Waals surface area contributed by atoms with E-state index in [9.17, 15) is 21.0 Å². The van der Waals surface area contributed by atoms with Crippen LogP contribution in [0.15, 0.2) is 158 Å². The van der Waals surface area contributed by atoms with Gasteiger partial charge in [-0.2, -0.15) is 21.0 Å². The Morgan fingerprint density at radius 3 is 0.927 bits per heavy atom. The summed E-state index contributed by atoms with van der Waals surface area (Å²) in [6, 6.07) is 56.5. The molecule has 0 saturated carbocycles. The van der Waals surface area contributed by atoms with Gasteiger partial charge in [0.1, 0.15) is 23.3 Å². The maximum Gasteiger partial charge on any atom is 0.189 e. The molecule has 0 N–H and O–H groups in total. The molecule has 0 aliphatic heterocycles. The van der Waals surface area contributed by atoms with Crippen molar-refractivity contribution in [3.63, 3.8) is 0 Å². The van der Waals surface area contributed by atoms with Crippen molar-refractivity contribution in [2.45, 2.75) is 13.8 Å². The quantitative estimate of drug-likeness (QED) is 0.143. The third kappa shape index (κ3) is 8.53. The number of aryl methyl sites for hydroxylation is 2. The summed E-state index contributed by atoms with van der Waals surface area (Å²) in [7, 11) is 0. The number of hydrogen-bond donors (Lipinski definition) is 0. The monoisotopic (exact) mass is 1040 g/mol. The molecule has 9 aromatic carbocycles. The molecule has 0 atom stereocenters. The van der Waals surface area contributed by atoms with Crippen LogP contribution in [-0.4, -0.2) is 24.1 Å². The van der Waals surface area contributed by atoms with Crippen LogP contribution in [0.5, 0.6) is 0 Å². The highest BCUT2D eigenvalue weighted by Crippen LogP contribution is 2.44. The molecule has 0 unspecified atom stereocenters. The van der Waals surface area contributed by atoms with Crippen molar-refractivity contribution in [2.75, 3.05) is 0 Å². The van der Waals surface area contributed by atoms with E-state index in [0.29, 0.717) is 135 Å². The zero-order valence-corrected chi connectivity index (χ0v) is 43.3. The van der Waals surface area contributed by atoms with Crippen LogP contribution in [0, 0.1) is 92.0 Å². The second kappa shape index (κ2) is 19.9. The fourth-order valence-electron chi connectivity index (χ4n) is 10.8. The summed E-state index contributed by atoms with van der Waals surface area (Å²) in [6.45, 7) is 42.9. The van der Waals surface area contributed by atoms with Crippen molar-refractivity contribution >= 4 is 72.0 Å². The molecule has 0 bridgehead atoms. The Hall–Kier alpha value is -13.0. The average Bonchev–Trinajstić information content (AvgIpc) is 4.05. The van der Waals surface area contributed by atoms with E-state index in [1.165, 1.54) is 18.2 Å². The highest BCUT2D eigenvalue weighted by molar-refractivity contribution is 6.13. The second-order valence-corrected chi connectivity index (χ2v) is 19.3. The third-order valence-corrected chi connectivity index (χ3v) is 14.4. The fraction of sp³-hybridized carbons (Fsp3) is 0.0294. The summed E-state index contributed by atoms with van der Waals surface area (Å²) in [5.74, 6) is 1.24. The number of nitriles is 4. The molecule has 0 spiro atoms. The second-order valence-electron chi connectivity index (χ2n) is 19.3. The van der Waals surface area contributed by atoms with Gasteiger partial charge < -0.3 is 9.13 Å². The standard InChI is InChI=1S/C68H32N14/c1-38-78-39(2)80-68(79-38)51-31-66(81-62-27-43(47-16-40(34-69)19-52(22-47)73-3)8-12-57(62)58-13-9-44(28-63(58)81)48-17-41(35-70)20-53(23-48)74-4)61(37-72)67(32-51)82-64-29-45(49-18-42(36-71)21-54(24-49)75-5)10-14-59(64)60-15-11-46(30-65(60)82)50-25-55(76-6)33-56(26-50)77-7/h8-33H,1-2H3. The van der Waals surface area contributed by atoms with Crippen LogP contribution < -0.4 is 0 Å². The van der Waals surface area contributed by atoms with Gasteiger partial charge in [-0.05, 0) is 149 Å². The molecule has 0 aliphatic rings. The Balaban J connectivity index is 1.25. The lowest BCUT2D eigenvalue weighted by Gasteiger charge is -2.19. The first-order valence-electron chi connectivity index (χ1n) is 25.1. The van der Waals surface area contributed by atoms with Crippen molar-refractivity contribution in [2.24, 2.45) is 0 Å². The number of hydrogen-bond acceptors (Lipinski definition) is 7. The van der Waals surface area contributed by atoms with E-state index in [4.69, 9.17) is 42.8 Å². The topological polar surface area (TPSA) is 165 Å². The van der Waals surface area contributed by atoms with Gasteiger partial charge in [-0.15, -0.1) is 0 Å². The van der Waals surface area contributed by atoms with E-state index in [0.717, 1.165) is 21.5 Å². The molecule has 0 amide bonds. The van der Waals surface area contributed by atoms with E-state index in [1.54, 1.807) is 68.4 Å². The van der Waals surface area contributed by atoms with Crippen molar-refractivity contribution in [3.8, 4) is 91.5 Å². The summed E-state index contributed by atoms with van der Waals surface area (Å²) in [5.41, 5.74) is 11.9.